The van der Waals surface area contributed by atoms with Crippen molar-refractivity contribution in [1.29, 1.82) is 0 Å². The number of benzene rings is 1. The van der Waals surface area contributed by atoms with Gasteiger partial charge in [0, 0.05) is 18.8 Å². The number of aryl methyl sites for hydroxylation is 1. The summed E-state index contributed by atoms with van der Waals surface area (Å²) in [7, 11) is 0. The normalized spacial score (nSPS) is 14.2. The van der Waals surface area contributed by atoms with Gasteiger partial charge >= 0.3 is 6.03 Å². The van der Waals surface area contributed by atoms with E-state index >= 15 is 0 Å². The number of nitrogens with one attached hydrogen (secondary N) is 2. The molecule has 1 aromatic carbocycles. The maximum atomic E-state index is 13.1. The average molecular weight is 279 g/mol. The number of carbonyl (C=O) groups excluding carboxylic acids is 2. The quantitative estimate of drug-likeness (QED) is 0.887. The molecule has 1 aromatic rings. The van der Waals surface area contributed by atoms with E-state index in [1.165, 1.54) is 18.2 Å². The van der Waals surface area contributed by atoms with Crippen molar-refractivity contribution >= 4 is 17.6 Å². The molecule has 6 heteroatoms. The van der Waals surface area contributed by atoms with Crippen molar-refractivity contribution in [2.75, 3.05) is 25.0 Å². The van der Waals surface area contributed by atoms with Crippen LogP contribution in [0.4, 0.5) is 14.9 Å². The summed E-state index contributed by atoms with van der Waals surface area (Å²) in [6.45, 7) is 3.12. The zero-order valence-electron chi connectivity index (χ0n) is 11.4. The number of carbonyl (C=O) groups is 2. The Morgan fingerprint density at radius 3 is 2.65 bits per heavy atom. The highest BCUT2D eigenvalue weighted by atomic mass is 19.1. The minimum atomic E-state index is -0.469. The number of halogens is 1. The Morgan fingerprint density at radius 1 is 1.30 bits per heavy atom. The van der Waals surface area contributed by atoms with Crippen molar-refractivity contribution in [2.24, 2.45) is 0 Å². The number of likely N-dealkylation sites (tertiary alicyclic amines) is 1. The smallest absolute Gasteiger partial charge is 0.319 e. The molecule has 5 nitrogen and oxygen atoms in total. The van der Waals surface area contributed by atoms with Gasteiger partial charge in [0.05, 0.1) is 6.54 Å². The molecule has 1 aliphatic rings. The molecule has 0 spiro atoms. The topological polar surface area (TPSA) is 61.4 Å². The predicted octanol–water partition coefficient (Wildman–Crippen LogP) is 1.88. The lowest BCUT2D eigenvalue weighted by molar-refractivity contribution is -0.128. The van der Waals surface area contributed by atoms with Gasteiger partial charge in [-0.1, -0.05) is 0 Å². The van der Waals surface area contributed by atoms with E-state index in [2.05, 4.69) is 10.6 Å². The Morgan fingerprint density at radius 2 is 2.00 bits per heavy atom. The van der Waals surface area contributed by atoms with Gasteiger partial charge in [0.15, 0.2) is 0 Å². The summed E-state index contributed by atoms with van der Waals surface area (Å²) in [5.41, 5.74) is 0.950. The van der Waals surface area contributed by atoms with Crippen LogP contribution in [0.3, 0.4) is 0 Å². The van der Waals surface area contributed by atoms with Crippen molar-refractivity contribution in [3.05, 3.63) is 29.6 Å². The molecule has 1 saturated heterocycles. The molecule has 0 aliphatic carbocycles. The molecule has 1 fully saturated rings. The third-order valence-corrected chi connectivity index (χ3v) is 3.27. The van der Waals surface area contributed by atoms with Crippen LogP contribution >= 0.6 is 0 Å². The first-order chi connectivity index (χ1) is 9.56. The highest BCUT2D eigenvalue weighted by Gasteiger charge is 2.18. The maximum absolute atomic E-state index is 13.1. The van der Waals surface area contributed by atoms with Crippen molar-refractivity contribution in [1.82, 2.24) is 10.2 Å². The first-order valence-electron chi connectivity index (χ1n) is 6.65. The first kappa shape index (κ1) is 14.3. The Kier molecular flexibility index (Phi) is 4.55. The Balaban J connectivity index is 1.80. The van der Waals surface area contributed by atoms with E-state index in [0.717, 1.165) is 25.9 Å². The van der Waals surface area contributed by atoms with Gasteiger partial charge in [-0.2, -0.15) is 0 Å². The van der Waals surface area contributed by atoms with Gasteiger partial charge < -0.3 is 15.5 Å². The van der Waals surface area contributed by atoms with Crippen LogP contribution < -0.4 is 10.6 Å². The molecule has 1 aliphatic heterocycles. The Bertz CT molecular complexity index is 513. The number of rotatable bonds is 3. The number of anilines is 1. The second-order valence-electron chi connectivity index (χ2n) is 4.86. The summed E-state index contributed by atoms with van der Waals surface area (Å²) in [5.74, 6) is -0.395. The van der Waals surface area contributed by atoms with Crippen LogP contribution in [0.5, 0.6) is 0 Å². The van der Waals surface area contributed by atoms with Crippen molar-refractivity contribution in [2.45, 2.75) is 19.8 Å². The summed E-state index contributed by atoms with van der Waals surface area (Å²) < 4.78 is 13.1. The number of hydrogen-bond acceptors (Lipinski definition) is 2. The highest BCUT2D eigenvalue weighted by Crippen LogP contribution is 2.13. The molecular formula is C14H18FN3O2. The van der Waals surface area contributed by atoms with Crippen LogP contribution in [0.2, 0.25) is 0 Å². The minimum absolute atomic E-state index is 0.0218. The largest absolute Gasteiger partial charge is 0.341 e. The summed E-state index contributed by atoms with van der Waals surface area (Å²) >= 11 is 0. The van der Waals surface area contributed by atoms with E-state index in [1.54, 1.807) is 11.8 Å². The van der Waals surface area contributed by atoms with Crippen LogP contribution in [0, 0.1) is 12.7 Å². The lowest BCUT2D eigenvalue weighted by Crippen LogP contribution is -2.40. The second kappa shape index (κ2) is 6.36. The summed E-state index contributed by atoms with van der Waals surface area (Å²) in [6.07, 6.45) is 2.04. The van der Waals surface area contributed by atoms with Gasteiger partial charge in [-0.25, -0.2) is 9.18 Å². The maximum Gasteiger partial charge on any atom is 0.319 e. The molecule has 2 N–H and O–H groups in total. The molecule has 0 radical (unpaired) electrons. The monoisotopic (exact) mass is 279 g/mol. The van der Waals surface area contributed by atoms with Crippen LogP contribution in [-0.4, -0.2) is 36.5 Å². The standard InChI is InChI=1S/C14H18FN3O2/c1-10-8-11(4-5-12(10)15)17-14(20)16-9-13(19)18-6-2-3-7-18/h4-5,8H,2-3,6-7,9H2,1H3,(H2,16,17,20). The average Bonchev–Trinajstić information content (AvgIpc) is 2.94. The fourth-order valence-electron chi connectivity index (χ4n) is 2.13. The molecule has 108 valence electrons. The summed E-state index contributed by atoms with van der Waals surface area (Å²) in [5, 5.41) is 5.08. The molecule has 0 atom stereocenters. The molecule has 20 heavy (non-hydrogen) atoms. The van der Waals surface area contributed by atoms with Crippen molar-refractivity contribution < 1.29 is 14.0 Å². The van der Waals surface area contributed by atoms with E-state index < -0.39 is 6.03 Å². The SMILES string of the molecule is Cc1cc(NC(=O)NCC(=O)N2CCCC2)ccc1F. The highest BCUT2D eigenvalue weighted by molar-refractivity contribution is 5.92. The van der Waals surface area contributed by atoms with E-state index in [1.807, 2.05) is 0 Å². The molecule has 0 bridgehead atoms. The molecule has 1 heterocycles. The number of amides is 3. The Hall–Kier alpha value is -2.11. The molecular weight excluding hydrogens is 261 g/mol. The van der Waals surface area contributed by atoms with Crippen molar-refractivity contribution in [3.63, 3.8) is 0 Å². The minimum Gasteiger partial charge on any atom is -0.341 e. The Labute approximate surface area is 117 Å². The third-order valence-electron chi connectivity index (χ3n) is 3.27. The van der Waals surface area contributed by atoms with Gasteiger partial charge in [0.2, 0.25) is 5.91 Å². The molecule has 0 aromatic heterocycles. The van der Waals surface area contributed by atoms with E-state index in [0.29, 0.717) is 11.3 Å². The summed E-state index contributed by atoms with van der Waals surface area (Å²) in [4.78, 5) is 25.1. The zero-order valence-corrected chi connectivity index (χ0v) is 11.4. The molecule has 0 unspecified atom stereocenters. The van der Waals surface area contributed by atoms with E-state index in [4.69, 9.17) is 0 Å². The molecule has 3 amide bonds. The second-order valence-corrected chi connectivity index (χ2v) is 4.86. The van der Waals surface area contributed by atoms with E-state index in [9.17, 15) is 14.0 Å². The summed E-state index contributed by atoms with van der Waals surface area (Å²) in [6, 6.07) is 3.84. The lowest BCUT2D eigenvalue weighted by atomic mass is 10.2. The number of nitrogens with zero attached hydrogens (tertiary/aromatic N) is 1. The van der Waals surface area contributed by atoms with Crippen LogP contribution in [0.1, 0.15) is 18.4 Å². The number of hydrogen-bond donors (Lipinski definition) is 2. The van der Waals surface area contributed by atoms with Crippen LogP contribution in [0.25, 0.3) is 0 Å². The fraction of sp³-hybridized carbons (Fsp3) is 0.429. The first-order valence-corrected chi connectivity index (χ1v) is 6.65. The molecule has 0 saturated carbocycles. The zero-order chi connectivity index (χ0) is 14.5. The van der Waals surface area contributed by atoms with Gasteiger partial charge in [-0.15, -0.1) is 0 Å². The van der Waals surface area contributed by atoms with Crippen LogP contribution in [-0.2, 0) is 4.79 Å². The fourth-order valence-corrected chi connectivity index (χ4v) is 2.13. The van der Waals surface area contributed by atoms with Gasteiger partial charge in [-0.05, 0) is 43.5 Å². The lowest BCUT2D eigenvalue weighted by Gasteiger charge is -2.15. The molecule has 2 rings (SSSR count). The van der Waals surface area contributed by atoms with Gasteiger partial charge in [-0.3, -0.25) is 4.79 Å². The van der Waals surface area contributed by atoms with Crippen LogP contribution in [0.15, 0.2) is 18.2 Å². The van der Waals surface area contributed by atoms with Crippen molar-refractivity contribution in [3.8, 4) is 0 Å². The third kappa shape index (κ3) is 3.69. The number of urea groups is 1. The van der Waals surface area contributed by atoms with E-state index in [-0.39, 0.29) is 18.3 Å². The predicted molar refractivity (Wildman–Crippen MR) is 74.0 cm³/mol. The van der Waals surface area contributed by atoms with Gasteiger partial charge in [0.1, 0.15) is 5.82 Å². The van der Waals surface area contributed by atoms with Gasteiger partial charge in [0.25, 0.3) is 0 Å².